The van der Waals surface area contributed by atoms with E-state index in [1.807, 2.05) is 24.3 Å². The normalized spacial score (nSPS) is 18.9. The number of hydrogen-bond acceptors (Lipinski definition) is 5. The molecule has 3 rings (SSSR count). The molecule has 8 heteroatoms. The van der Waals surface area contributed by atoms with Gasteiger partial charge in [0.05, 0.1) is 17.9 Å². The van der Waals surface area contributed by atoms with Gasteiger partial charge in [-0.25, -0.2) is 9.59 Å². The van der Waals surface area contributed by atoms with Crippen LogP contribution in [0.1, 0.15) is 77.3 Å². The first-order valence-corrected chi connectivity index (χ1v) is 11.2. The molecule has 0 bridgehead atoms. The number of aromatic nitrogens is 1. The van der Waals surface area contributed by atoms with Crippen molar-refractivity contribution < 1.29 is 23.9 Å². The summed E-state index contributed by atoms with van der Waals surface area (Å²) in [4.78, 5) is 55.7. The maximum absolute atomic E-state index is 13.4. The fourth-order valence-corrected chi connectivity index (χ4v) is 4.33. The Morgan fingerprint density at radius 1 is 1.12 bits per heavy atom. The van der Waals surface area contributed by atoms with E-state index in [0.717, 1.165) is 23.3 Å². The molecule has 3 amide bonds. The zero-order valence-corrected chi connectivity index (χ0v) is 20.0. The van der Waals surface area contributed by atoms with Crippen LogP contribution in [0.4, 0.5) is 4.79 Å². The van der Waals surface area contributed by atoms with Crippen LogP contribution in [0.5, 0.6) is 0 Å². The summed E-state index contributed by atoms with van der Waals surface area (Å²) in [6.07, 6.45) is 1.94. The van der Waals surface area contributed by atoms with Gasteiger partial charge in [-0.15, -0.1) is 0 Å². The topological polar surface area (TPSA) is 109 Å². The van der Waals surface area contributed by atoms with Crippen molar-refractivity contribution in [2.75, 3.05) is 6.61 Å². The number of nitrogens with zero attached hydrogens (tertiary/aromatic N) is 1. The molecule has 33 heavy (non-hydrogen) atoms. The molecule has 0 unspecified atom stereocenters. The van der Waals surface area contributed by atoms with E-state index in [0.29, 0.717) is 22.4 Å². The van der Waals surface area contributed by atoms with Crippen LogP contribution < -0.4 is 5.32 Å². The number of benzene rings is 1. The molecule has 8 nitrogen and oxygen atoms in total. The zero-order chi connectivity index (χ0) is 24.5. The van der Waals surface area contributed by atoms with E-state index < -0.39 is 35.3 Å². The zero-order valence-electron chi connectivity index (χ0n) is 20.0. The molecule has 176 valence electrons. The Bertz CT molecular complexity index is 1100. The van der Waals surface area contributed by atoms with Crippen molar-refractivity contribution in [3.05, 3.63) is 57.9 Å². The lowest BCUT2D eigenvalue weighted by molar-refractivity contribution is -0.131. The van der Waals surface area contributed by atoms with Gasteiger partial charge in [0.2, 0.25) is 5.78 Å². The van der Waals surface area contributed by atoms with Gasteiger partial charge in [0, 0.05) is 5.69 Å². The summed E-state index contributed by atoms with van der Waals surface area (Å²) in [5, 5.41) is 2.75. The molecule has 0 radical (unpaired) electrons. The van der Waals surface area contributed by atoms with Crippen LogP contribution in [0.2, 0.25) is 0 Å². The van der Waals surface area contributed by atoms with Crippen LogP contribution in [0, 0.1) is 13.8 Å². The number of amides is 3. The van der Waals surface area contributed by atoms with E-state index in [9.17, 15) is 19.2 Å². The van der Waals surface area contributed by atoms with Gasteiger partial charge in [-0.2, -0.15) is 0 Å². The van der Waals surface area contributed by atoms with Gasteiger partial charge < -0.3 is 15.0 Å². The third kappa shape index (κ3) is 4.17. The van der Waals surface area contributed by atoms with Crippen LogP contribution in [0.3, 0.4) is 0 Å². The Balaban J connectivity index is 1.89. The molecule has 2 atom stereocenters. The highest BCUT2D eigenvalue weighted by Crippen LogP contribution is 2.31. The van der Waals surface area contributed by atoms with Crippen LogP contribution in [0.25, 0.3) is 0 Å². The van der Waals surface area contributed by atoms with Gasteiger partial charge in [-0.05, 0) is 57.7 Å². The van der Waals surface area contributed by atoms with Crippen molar-refractivity contribution in [1.29, 1.82) is 0 Å². The number of aromatic amines is 1. The van der Waals surface area contributed by atoms with Crippen LogP contribution in [-0.2, 0) is 21.5 Å². The van der Waals surface area contributed by atoms with Crippen molar-refractivity contribution >= 4 is 23.7 Å². The number of imide groups is 1. The maximum atomic E-state index is 13.4. The molecule has 1 fully saturated rings. The number of ketones is 1. The fraction of sp³-hybridized carbons (Fsp3) is 0.440. The number of esters is 1. The maximum Gasteiger partial charge on any atom is 0.340 e. The van der Waals surface area contributed by atoms with E-state index in [4.69, 9.17) is 4.74 Å². The molecule has 0 saturated carbocycles. The summed E-state index contributed by atoms with van der Waals surface area (Å²) in [6, 6.07) is 5.87. The van der Waals surface area contributed by atoms with E-state index in [2.05, 4.69) is 17.2 Å². The minimum absolute atomic E-state index is 0.182. The van der Waals surface area contributed by atoms with Crippen molar-refractivity contribution in [1.82, 2.24) is 15.2 Å². The Labute approximate surface area is 193 Å². The largest absolute Gasteiger partial charge is 0.462 e. The molecular weight excluding hydrogens is 422 g/mol. The molecule has 1 aromatic heterocycles. The lowest BCUT2D eigenvalue weighted by Crippen LogP contribution is -2.45. The number of nitrogens with one attached hydrogen (secondary N) is 2. The third-order valence-electron chi connectivity index (χ3n) is 6.22. The second kappa shape index (κ2) is 9.21. The third-order valence-corrected chi connectivity index (χ3v) is 6.22. The molecule has 0 aliphatic carbocycles. The molecule has 0 spiro atoms. The second-order valence-electron chi connectivity index (χ2n) is 8.56. The first kappa shape index (κ1) is 24.2. The van der Waals surface area contributed by atoms with Crippen molar-refractivity contribution in [3.8, 4) is 0 Å². The predicted octanol–water partition coefficient (Wildman–Crippen LogP) is 3.80. The molecule has 2 heterocycles. The number of aryl methyl sites for hydroxylation is 2. The SMILES string of the molecule is CCCc1ccc([C@]2(C)NC(=O)N([C@@H](C)C(=O)c3[nH]c(C)c(C(=O)OCC)c3C)C2=O)cc1. The number of H-pyrrole nitrogens is 1. The smallest absolute Gasteiger partial charge is 0.340 e. The Kier molecular flexibility index (Phi) is 6.76. The molecule has 2 N–H and O–H groups in total. The Morgan fingerprint density at radius 2 is 1.76 bits per heavy atom. The monoisotopic (exact) mass is 453 g/mol. The molecule has 1 aliphatic rings. The average molecular weight is 454 g/mol. The van der Waals surface area contributed by atoms with Gasteiger partial charge >= 0.3 is 12.0 Å². The quantitative estimate of drug-likeness (QED) is 0.359. The van der Waals surface area contributed by atoms with Gasteiger partial charge in [-0.1, -0.05) is 37.6 Å². The second-order valence-corrected chi connectivity index (χ2v) is 8.56. The number of urea groups is 1. The number of Topliss-reactive ketones (excluding diaryl/α,β-unsaturated/α-hetero) is 1. The van der Waals surface area contributed by atoms with Crippen LogP contribution >= 0.6 is 0 Å². The highest BCUT2D eigenvalue weighted by molar-refractivity contribution is 6.13. The number of carbonyl (C=O) groups excluding carboxylic acids is 4. The summed E-state index contributed by atoms with van der Waals surface area (Å²) in [5.41, 5.74) is 1.94. The number of ether oxygens (including phenoxy) is 1. The molecule has 1 aromatic carbocycles. The summed E-state index contributed by atoms with van der Waals surface area (Å²) < 4.78 is 5.08. The summed E-state index contributed by atoms with van der Waals surface area (Å²) in [7, 11) is 0. The predicted molar refractivity (Wildman–Crippen MR) is 123 cm³/mol. The molecular formula is C25H31N3O5. The first-order chi connectivity index (χ1) is 15.6. The lowest BCUT2D eigenvalue weighted by Gasteiger charge is -2.24. The first-order valence-electron chi connectivity index (χ1n) is 11.2. The van der Waals surface area contributed by atoms with E-state index in [-0.39, 0.29) is 12.3 Å². The fourth-order valence-electron chi connectivity index (χ4n) is 4.33. The Hall–Kier alpha value is -3.42. The van der Waals surface area contributed by atoms with Gasteiger partial charge in [0.15, 0.2) is 0 Å². The number of rotatable bonds is 8. The average Bonchev–Trinajstić information content (AvgIpc) is 3.19. The molecule has 1 saturated heterocycles. The molecule has 1 aliphatic heterocycles. The van der Waals surface area contributed by atoms with E-state index in [1.165, 1.54) is 6.92 Å². The van der Waals surface area contributed by atoms with Crippen molar-refractivity contribution in [3.63, 3.8) is 0 Å². The van der Waals surface area contributed by atoms with Crippen LogP contribution in [0.15, 0.2) is 24.3 Å². The summed E-state index contributed by atoms with van der Waals surface area (Å²) >= 11 is 0. The van der Waals surface area contributed by atoms with Gasteiger partial charge in [0.25, 0.3) is 5.91 Å². The highest BCUT2D eigenvalue weighted by Gasteiger charge is 2.52. The standard InChI is InChI=1S/C25H31N3O5/c1-7-9-17-10-12-18(13-11-17)25(6)23(31)28(24(32)27-25)16(5)21(29)20-14(3)19(15(4)26-20)22(30)33-8-2/h10-13,16,26H,7-9H2,1-6H3,(H,27,32)/t16-,25-/m0/s1. The van der Waals surface area contributed by atoms with Crippen LogP contribution in [-0.4, -0.2) is 46.2 Å². The van der Waals surface area contributed by atoms with Gasteiger partial charge in [-0.3, -0.25) is 14.5 Å². The van der Waals surface area contributed by atoms with Crippen molar-refractivity contribution in [2.24, 2.45) is 0 Å². The van der Waals surface area contributed by atoms with E-state index >= 15 is 0 Å². The lowest BCUT2D eigenvalue weighted by atomic mass is 9.90. The summed E-state index contributed by atoms with van der Waals surface area (Å²) in [6.45, 7) is 10.5. The highest BCUT2D eigenvalue weighted by atomic mass is 16.5. The Morgan fingerprint density at radius 3 is 2.33 bits per heavy atom. The number of carbonyl (C=O) groups is 4. The summed E-state index contributed by atoms with van der Waals surface area (Å²) in [5.74, 6) is -1.48. The minimum Gasteiger partial charge on any atom is -0.462 e. The number of hydrogen-bond donors (Lipinski definition) is 2. The minimum atomic E-state index is -1.27. The molecule has 2 aromatic rings. The van der Waals surface area contributed by atoms with Gasteiger partial charge in [0.1, 0.15) is 11.6 Å². The van der Waals surface area contributed by atoms with E-state index in [1.54, 1.807) is 27.7 Å². The van der Waals surface area contributed by atoms with Crippen molar-refractivity contribution in [2.45, 2.75) is 66.0 Å².